The second kappa shape index (κ2) is 10.8. The van der Waals surface area contributed by atoms with Crippen LogP contribution in [0.15, 0.2) is 41.3 Å². The van der Waals surface area contributed by atoms with Crippen molar-refractivity contribution in [3.63, 3.8) is 0 Å². The summed E-state index contributed by atoms with van der Waals surface area (Å²) < 4.78 is 65.5. The van der Waals surface area contributed by atoms with Gasteiger partial charge in [0.15, 0.2) is 0 Å². The molecule has 0 unspecified atom stereocenters. The Morgan fingerprint density at radius 1 is 1.06 bits per heavy atom. The van der Waals surface area contributed by atoms with Crippen molar-refractivity contribution >= 4 is 29.8 Å². The van der Waals surface area contributed by atoms with Gasteiger partial charge in [0.05, 0.1) is 17.7 Å². The number of benzene rings is 2. The molecule has 2 aromatic rings. The minimum absolute atomic E-state index is 0.0573. The van der Waals surface area contributed by atoms with Crippen LogP contribution in [0.3, 0.4) is 0 Å². The van der Waals surface area contributed by atoms with Crippen molar-refractivity contribution in [2.75, 3.05) is 19.7 Å². The number of hydrogen-bond acceptors (Lipinski definition) is 5. The lowest BCUT2D eigenvalue weighted by Gasteiger charge is -2.31. The third kappa shape index (κ3) is 6.50. The summed E-state index contributed by atoms with van der Waals surface area (Å²) in [6.45, 7) is 1.71. The minimum atomic E-state index is -4.38. The number of halogens is 4. The summed E-state index contributed by atoms with van der Waals surface area (Å²) in [5, 5.41) is 0.437. The first-order valence-electron chi connectivity index (χ1n) is 12.3. The largest absolute Gasteiger partial charge is 0.493 e. The number of amides is 1. The third-order valence-electron chi connectivity index (χ3n) is 6.67. The number of carbonyl (C=O) groups is 1. The molecule has 1 amide bonds. The van der Waals surface area contributed by atoms with Crippen LogP contribution in [0.2, 0.25) is 0 Å². The predicted molar refractivity (Wildman–Crippen MR) is 134 cm³/mol. The molecule has 3 aliphatic rings. The summed E-state index contributed by atoms with van der Waals surface area (Å²) in [5.41, 5.74) is 0.329. The highest BCUT2D eigenvalue weighted by atomic mass is 32.2. The van der Waals surface area contributed by atoms with Crippen LogP contribution < -0.4 is 9.46 Å². The Morgan fingerprint density at radius 2 is 1.78 bits per heavy atom. The molecular formula is C26H28F4N2O2S2. The molecule has 2 aliphatic carbocycles. The molecule has 1 aliphatic heterocycles. The molecule has 0 aromatic heterocycles. The van der Waals surface area contributed by atoms with Crippen molar-refractivity contribution in [2.24, 2.45) is 5.92 Å². The van der Waals surface area contributed by atoms with Gasteiger partial charge in [0.25, 0.3) is 5.91 Å². The van der Waals surface area contributed by atoms with Crippen LogP contribution in [0.5, 0.6) is 5.75 Å². The molecule has 10 heteroatoms. The SMILES string of the molecule is O=C(NSC1CC1)c1cc(C2CC2)c(OCC2CCN(Sc3ccccc3C(F)(F)F)CC2)cc1F. The first kappa shape index (κ1) is 25.7. The van der Waals surface area contributed by atoms with E-state index in [-0.39, 0.29) is 22.3 Å². The molecule has 36 heavy (non-hydrogen) atoms. The highest BCUT2D eigenvalue weighted by molar-refractivity contribution is 7.98. The zero-order chi connectivity index (χ0) is 25.3. The molecule has 0 radical (unpaired) electrons. The fraction of sp³-hybridized carbons (Fsp3) is 0.500. The minimum Gasteiger partial charge on any atom is -0.493 e. The standard InChI is InChI=1S/C26H28F4N2O2S2/c27-22-14-23(19(17-5-6-17)13-20(22)25(33)31-35-18-7-8-18)34-15-16-9-11-32(12-10-16)36-24-4-2-1-3-21(24)26(28,29)30/h1-4,13-14,16-18H,5-12,15H2,(H,31,33). The molecular weight excluding hydrogens is 512 g/mol. The van der Waals surface area contributed by atoms with Gasteiger partial charge in [-0.2, -0.15) is 13.2 Å². The zero-order valence-electron chi connectivity index (χ0n) is 19.7. The molecule has 1 heterocycles. The Bertz CT molecular complexity index is 1100. The molecule has 3 fully saturated rings. The number of nitrogens with zero attached hydrogens (tertiary/aromatic N) is 1. The summed E-state index contributed by atoms with van der Waals surface area (Å²) in [6.07, 6.45) is 1.32. The van der Waals surface area contributed by atoms with E-state index in [9.17, 15) is 22.4 Å². The lowest BCUT2D eigenvalue weighted by molar-refractivity contribution is -0.139. The lowest BCUT2D eigenvalue weighted by Crippen LogP contribution is -2.31. The van der Waals surface area contributed by atoms with E-state index >= 15 is 0 Å². The van der Waals surface area contributed by atoms with E-state index in [2.05, 4.69) is 4.72 Å². The van der Waals surface area contributed by atoms with Gasteiger partial charge in [-0.25, -0.2) is 8.70 Å². The molecule has 5 rings (SSSR count). The van der Waals surface area contributed by atoms with Gasteiger partial charge in [0.2, 0.25) is 0 Å². The molecule has 1 saturated heterocycles. The Hall–Kier alpha value is -1.91. The predicted octanol–water partition coefficient (Wildman–Crippen LogP) is 7.06. The van der Waals surface area contributed by atoms with Crippen LogP contribution in [0.1, 0.15) is 65.9 Å². The summed E-state index contributed by atoms with van der Waals surface area (Å²) >= 11 is 2.51. The van der Waals surface area contributed by atoms with Crippen molar-refractivity contribution in [3.05, 3.63) is 58.9 Å². The normalized spacial score (nSPS) is 19.3. The number of rotatable bonds is 9. The van der Waals surface area contributed by atoms with Gasteiger partial charge in [0.1, 0.15) is 11.6 Å². The van der Waals surface area contributed by atoms with Crippen molar-refractivity contribution < 1.29 is 27.1 Å². The molecule has 4 nitrogen and oxygen atoms in total. The van der Waals surface area contributed by atoms with Gasteiger partial charge in [-0.15, -0.1) is 0 Å². The first-order chi connectivity index (χ1) is 17.3. The van der Waals surface area contributed by atoms with Crippen molar-refractivity contribution in [1.82, 2.24) is 9.03 Å². The first-order valence-corrected chi connectivity index (χ1v) is 13.9. The second-order valence-electron chi connectivity index (χ2n) is 9.66. The van der Waals surface area contributed by atoms with Gasteiger partial charge in [-0.1, -0.05) is 12.1 Å². The van der Waals surface area contributed by atoms with Gasteiger partial charge in [0, 0.05) is 29.3 Å². The highest BCUT2D eigenvalue weighted by Gasteiger charge is 2.34. The van der Waals surface area contributed by atoms with Crippen molar-refractivity contribution in [2.45, 2.75) is 60.8 Å². The maximum atomic E-state index is 14.8. The Kier molecular flexibility index (Phi) is 7.74. The maximum absolute atomic E-state index is 14.8. The fourth-order valence-electron chi connectivity index (χ4n) is 4.26. The van der Waals surface area contributed by atoms with E-state index in [0.717, 1.165) is 62.1 Å². The molecule has 0 spiro atoms. The van der Waals surface area contributed by atoms with E-state index in [1.54, 1.807) is 12.1 Å². The maximum Gasteiger partial charge on any atom is 0.417 e. The Labute approximate surface area is 216 Å². The van der Waals surface area contributed by atoms with Crippen molar-refractivity contribution in [1.29, 1.82) is 0 Å². The second-order valence-corrected chi connectivity index (χ2v) is 11.9. The van der Waals surface area contributed by atoms with Gasteiger partial charge in [-0.3, -0.25) is 9.52 Å². The quantitative estimate of drug-likeness (QED) is 0.272. The van der Waals surface area contributed by atoms with Gasteiger partial charge >= 0.3 is 6.18 Å². The Morgan fingerprint density at radius 3 is 2.44 bits per heavy atom. The molecule has 0 bridgehead atoms. The fourth-order valence-corrected chi connectivity index (χ4v) is 6.10. The van der Waals surface area contributed by atoms with Crippen LogP contribution in [0.4, 0.5) is 17.6 Å². The smallest absolute Gasteiger partial charge is 0.417 e. The van der Waals surface area contributed by atoms with Crippen LogP contribution in [-0.2, 0) is 6.18 Å². The number of nitrogens with one attached hydrogen (secondary N) is 1. The summed E-state index contributed by atoms with van der Waals surface area (Å²) in [5.74, 6) is 0.0212. The number of piperidine rings is 1. The topological polar surface area (TPSA) is 41.6 Å². The van der Waals surface area contributed by atoms with E-state index in [1.807, 2.05) is 4.31 Å². The van der Waals surface area contributed by atoms with Crippen LogP contribution in [-0.4, -0.2) is 35.2 Å². The Balaban J connectivity index is 1.16. The van der Waals surface area contributed by atoms with Gasteiger partial charge < -0.3 is 4.74 Å². The van der Waals surface area contributed by atoms with Crippen LogP contribution in [0, 0.1) is 11.7 Å². The monoisotopic (exact) mass is 540 g/mol. The number of alkyl halides is 3. The number of ether oxygens (including phenoxy) is 1. The highest BCUT2D eigenvalue weighted by Crippen LogP contribution is 2.45. The summed E-state index contributed by atoms with van der Waals surface area (Å²) in [4.78, 5) is 12.7. The van der Waals surface area contributed by atoms with Crippen molar-refractivity contribution in [3.8, 4) is 5.75 Å². The lowest BCUT2D eigenvalue weighted by atomic mass is 9.99. The molecule has 194 valence electrons. The van der Waals surface area contributed by atoms with E-state index in [4.69, 9.17) is 4.74 Å². The molecule has 2 saturated carbocycles. The van der Waals surface area contributed by atoms with E-state index in [0.29, 0.717) is 30.7 Å². The summed E-state index contributed by atoms with van der Waals surface area (Å²) in [6, 6.07) is 8.62. The average Bonchev–Trinajstić information content (AvgIpc) is 3.76. The average molecular weight is 541 g/mol. The van der Waals surface area contributed by atoms with Gasteiger partial charge in [-0.05, 0) is 98.0 Å². The zero-order valence-corrected chi connectivity index (χ0v) is 21.3. The molecule has 1 N–H and O–H groups in total. The summed E-state index contributed by atoms with van der Waals surface area (Å²) in [7, 11) is 0. The third-order valence-corrected chi connectivity index (χ3v) is 8.96. The van der Waals surface area contributed by atoms with Crippen LogP contribution in [0.25, 0.3) is 0 Å². The van der Waals surface area contributed by atoms with Crippen LogP contribution >= 0.6 is 23.9 Å². The van der Waals surface area contributed by atoms with E-state index in [1.165, 1.54) is 30.1 Å². The molecule has 0 atom stereocenters. The number of carbonyl (C=O) groups excluding carboxylic acids is 1. The number of hydrogen-bond donors (Lipinski definition) is 1. The van der Waals surface area contributed by atoms with E-state index < -0.39 is 23.5 Å². The molecule has 2 aromatic carbocycles.